The second-order valence-corrected chi connectivity index (χ2v) is 5.38. The average Bonchev–Trinajstić information content (AvgIpc) is 2.40. The van der Waals surface area contributed by atoms with E-state index in [0.29, 0.717) is 15.7 Å². The lowest BCUT2D eigenvalue weighted by atomic mass is 10.2. The molecule has 0 amide bonds. The maximum absolute atomic E-state index is 12.5. The number of aryl methyl sites for hydroxylation is 1. The number of esters is 1. The van der Waals surface area contributed by atoms with E-state index < -0.39 is 16.8 Å². The van der Waals surface area contributed by atoms with Crippen LogP contribution in [0.25, 0.3) is 0 Å². The van der Waals surface area contributed by atoms with Gasteiger partial charge in [0.05, 0.1) is 4.90 Å². The van der Waals surface area contributed by atoms with Crippen LogP contribution in [0, 0.1) is 6.92 Å². The first-order chi connectivity index (χ1) is 9.08. The molecule has 1 unspecified atom stereocenters. The lowest BCUT2D eigenvalue weighted by molar-refractivity contribution is -0.132. The third kappa shape index (κ3) is 3.26. The Morgan fingerprint density at radius 1 is 1.26 bits per heavy atom. The van der Waals surface area contributed by atoms with Gasteiger partial charge >= 0.3 is 5.97 Å². The van der Waals surface area contributed by atoms with E-state index >= 15 is 0 Å². The van der Waals surface area contributed by atoms with Gasteiger partial charge in [0.25, 0.3) is 0 Å². The maximum atomic E-state index is 12.5. The van der Waals surface area contributed by atoms with Gasteiger partial charge in [-0.25, -0.2) is 9.19 Å². The molecule has 1 aromatic carbocycles. The van der Waals surface area contributed by atoms with Crippen LogP contribution in [0.15, 0.2) is 52.5 Å². The van der Waals surface area contributed by atoms with Crippen molar-refractivity contribution in [3.63, 3.8) is 0 Å². The van der Waals surface area contributed by atoms with Crippen LogP contribution in [-0.4, -0.2) is 15.2 Å². The zero-order valence-electron chi connectivity index (χ0n) is 10.6. The molecule has 1 atom stereocenters. The van der Waals surface area contributed by atoms with Gasteiger partial charge in [0.15, 0.2) is 0 Å². The summed E-state index contributed by atoms with van der Waals surface area (Å²) >= 11 is 0. The van der Waals surface area contributed by atoms with Gasteiger partial charge in [-0.15, -0.1) is 0 Å². The molecule has 0 saturated carbocycles. The van der Waals surface area contributed by atoms with E-state index in [2.05, 4.69) is 4.98 Å². The molecule has 5 heteroatoms. The normalized spacial score (nSPS) is 11.9. The minimum absolute atomic E-state index is 0.307. The second kappa shape index (κ2) is 5.75. The fraction of sp³-hybridized carbons (Fsp3) is 0.143. The fourth-order valence-electron chi connectivity index (χ4n) is 1.57. The summed E-state index contributed by atoms with van der Waals surface area (Å²) in [5, 5.41) is 0.432. The van der Waals surface area contributed by atoms with E-state index in [9.17, 15) is 9.00 Å². The Labute approximate surface area is 113 Å². The molecule has 0 N–H and O–H groups in total. The van der Waals surface area contributed by atoms with E-state index in [4.69, 9.17) is 4.74 Å². The highest BCUT2D eigenvalue weighted by Crippen LogP contribution is 2.26. The van der Waals surface area contributed by atoms with Crippen molar-refractivity contribution in [1.82, 2.24) is 4.98 Å². The molecule has 0 spiro atoms. The number of pyridine rings is 1. The average molecular weight is 275 g/mol. The Bertz CT molecular complexity index is 626. The van der Waals surface area contributed by atoms with Crippen molar-refractivity contribution < 1.29 is 13.7 Å². The summed E-state index contributed by atoms with van der Waals surface area (Å²) in [5.41, 5.74) is 0.940. The molecule has 0 aliphatic carbocycles. The van der Waals surface area contributed by atoms with Gasteiger partial charge in [-0.2, -0.15) is 0 Å². The largest absolute Gasteiger partial charge is 0.425 e. The highest BCUT2D eigenvalue weighted by atomic mass is 32.2. The van der Waals surface area contributed by atoms with Gasteiger partial charge in [-0.1, -0.05) is 12.1 Å². The molecule has 0 aliphatic heterocycles. The van der Waals surface area contributed by atoms with Gasteiger partial charge in [0.1, 0.15) is 21.6 Å². The third-order valence-electron chi connectivity index (χ3n) is 2.38. The standard InChI is InChI=1S/C14H13NO3S/c1-10-6-7-12(18-11(2)16)13(9-10)19(17)14-5-3-4-8-15-14/h3-9H,1-2H3. The molecular weight excluding hydrogens is 262 g/mol. The molecule has 1 aromatic heterocycles. The first-order valence-corrected chi connectivity index (χ1v) is 6.85. The van der Waals surface area contributed by atoms with Crippen LogP contribution < -0.4 is 4.74 Å². The monoisotopic (exact) mass is 275 g/mol. The fourth-order valence-corrected chi connectivity index (χ4v) is 2.74. The van der Waals surface area contributed by atoms with E-state index in [1.165, 1.54) is 6.92 Å². The number of rotatable bonds is 3. The molecule has 0 bridgehead atoms. The molecule has 2 aromatic rings. The third-order valence-corrected chi connectivity index (χ3v) is 3.72. The predicted octanol–water partition coefficient (Wildman–Crippen LogP) is 2.48. The molecule has 98 valence electrons. The van der Waals surface area contributed by atoms with Crippen molar-refractivity contribution in [2.24, 2.45) is 0 Å². The number of carbonyl (C=O) groups is 1. The lowest BCUT2D eigenvalue weighted by Crippen LogP contribution is -2.06. The molecule has 2 rings (SSSR count). The Morgan fingerprint density at radius 2 is 2.05 bits per heavy atom. The van der Waals surface area contributed by atoms with Gasteiger partial charge in [0, 0.05) is 13.1 Å². The molecule has 0 saturated heterocycles. The van der Waals surface area contributed by atoms with E-state index in [1.807, 2.05) is 6.92 Å². The molecule has 0 aliphatic rings. The number of hydrogen-bond donors (Lipinski definition) is 0. The summed E-state index contributed by atoms with van der Waals surface area (Å²) in [7, 11) is -1.47. The van der Waals surface area contributed by atoms with Crippen molar-refractivity contribution in [3.05, 3.63) is 48.2 Å². The van der Waals surface area contributed by atoms with Crippen molar-refractivity contribution in [1.29, 1.82) is 0 Å². The Balaban J connectivity index is 2.45. The molecule has 4 nitrogen and oxygen atoms in total. The van der Waals surface area contributed by atoms with Crippen LogP contribution in [0.4, 0.5) is 0 Å². The number of nitrogens with zero attached hydrogens (tertiary/aromatic N) is 1. The Hall–Kier alpha value is -2.01. The van der Waals surface area contributed by atoms with Gasteiger partial charge < -0.3 is 4.74 Å². The van der Waals surface area contributed by atoms with Crippen LogP contribution in [-0.2, 0) is 15.6 Å². The number of benzene rings is 1. The summed E-state index contributed by atoms with van der Waals surface area (Å²) in [4.78, 5) is 15.6. The Morgan fingerprint density at radius 3 is 2.68 bits per heavy atom. The van der Waals surface area contributed by atoms with Crippen molar-refractivity contribution in [2.45, 2.75) is 23.8 Å². The van der Waals surface area contributed by atoms with Gasteiger partial charge in [0.2, 0.25) is 0 Å². The van der Waals surface area contributed by atoms with Crippen LogP contribution in [0.3, 0.4) is 0 Å². The highest BCUT2D eigenvalue weighted by molar-refractivity contribution is 7.85. The van der Waals surface area contributed by atoms with Crippen LogP contribution in [0.2, 0.25) is 0 Å². The highest BCUT2D eigenvalue weighted by Gasteiger charge is 2.15. The first kappa shape index (κ1) is 13.4. The molecule has 1 heterocycles. The van der Waals surface area contributed by atoms with E-state index in [-0.39, 0.29) is 0 Å². The van der Waals surface area contributed by atoms with Crippen molar-refractivity contribution >= 4 is 16.8 Å². The zero-order chi connectivity index (χ0) is 13.8. The SMILES string of the molecule is CC(=O)Oc1ccc(C)cc1S(=O)c1ccccn1. The summed E-state index contributed by atoms with van der Waals surface area (Å²) in [6.45, 7) is 3.20. The quantitative estimate of drug-likeness (QED) is 0.638. The number of ether oxygens (including phenoxy) is 1. The summed E-state index contributed by atoms with van der Waals surface area (Å²) in [5.74, 6) is -0.134. The molecular formula is C14H13NO3S. The van der Waals surface area contributed by atoms with Gasteiger partial charge in [-0.3, -0.25) is 4.79 Å². The summed E-state index contributed by atoms with van der Waals surface area (Å²) in [6.07, 6.45) is 1.58. The second-order valence-electron chi connectivity index (χ2n) is 3.98. The lowest BCUT2D eigenvalue weighted by Gasteiger charge is -2.09. The number of aromatic nitrogens is 1. The van der Waals surface area contributed by atoms with Crippen LogP contribution >= 0.6 is 0 Å². The summed E-state index contributed by atoms with van der Waals surface area (Å²) in [6, 6.07) is 10.4. The Kier molecular flexibility index (Phi) is 4.06. The van der Waals surface area contributed by atoms with Crippen molar-refractivity contribution in [3.8, 4) is 5.75 Å². The summed E-state index contributed by atoms with van der Waals surface area (Å²) < 4.78 is 17.5. The van der Waals surface area contributed by atoms with E-state index in [0.717, 1.165) is 5.56 Å². The van der Waals surface area contributed by atoms with Crippen LogP contribution in [0.1, 0.15) is 12.5 Å². The zero-order valence-corrected chi connectivity index (χ0v) is 11.4. The molecule has 0 fully saturated rings. The minimum atomic E-state index is -1.47. The first-order valence-electron chi connectivity index (χ1n) is 5.70. The van der Waals surface area contributed by atoms with E-state index in [1.54, 1.807) is 42.6 Å². The molecule has 19 heavy (non-hydrogen) atoms. The predicted molar refractivity (Wildman–Crippen MR) is 71.4 cm³/mol. The smallest absolute Gasteiger partial charge is 0.308 e. The number of hydrogen-bond acceptors (Lipinski definition) is 4. The minimum Gasteiger partial charge on any atom is -0.425 e. The van der Waals surface area contributed by atoms with Crippen molar-refractivity contribution in [2.75, 3.05) is 0 Å². The van der Waals surface area contributed by atoms with Crippen LogP contribution in [0.5, 0.6) is 5.75 Å². The number of carbonyl (C=O) groups excluding carboxylic acids is 1. The van der Waals surface area contributed by atoms with Gasteiger partial charge in [-0.05, 0) is 36.8 Å². The molecule has 0 radical (unpaired) electrons. The maximum Gasteiger partial charge on any atom is 0.308 e. The topological polar surface area (TPSA) is 56.3 Å².